The quantitative estimate of drug-likeness (QED) is 0.852. The van der Waals surface area contributed by atoms with E-state index in [2.05, 4.69) is 36.1 Å². The molecule has 110 valence electrons. The molecule has 1 amide bonds. The van der Waals surface area contributed by atoms with Crippen molar-refractivity contribution < 1.29 is 4.79 Å². The number of hydrogen-bond donors (Lipinski definition) is 2. The minimum Gasteiger partial charge on any atom is -0.370 e. The van der Waals surface area contributed by atoms with Crippen molar-refractivity contribution in [3.63, 3.8) is 0 Å². The molecule has 0 spiro atoms. The number of carbonyl (C=O) groups excluding carboxylic acids is 1. The molecule has 0 atom stereocenters. The molecule has 2 heterocycles. The van der Waals surface area contributed by atoms with Gasteiger partial charge in [-0.15, -0.1) is 0 Å². The zero-order valence-electron chi connectivity index (χ0n) is 11.6. The highest BCUT2D eigenvalue weighted by Crippen LogP contribution is 2.29. The van der Waals surface area contributed by atoms with Crippen molar-refractivity contribution in [2.24, 2.45) is 11.7 Å². The molecule has 3 N–H and O–H groups in total. The summed E-state index contributed by atoms with van der Waals surface area (Å²) >= 11 is 3.50. The van der Waals surface area contributed by atoms with E-state index >= 15 is 0 Å². The van der Waals surface area contributed by atoms with Gasteiger partial charge in [0.1, 0.15) is 5.82 Å². The summed E-state index contributed by atoms with van der Waals surface area (Å²) in [5, 5.41) is 3.12. The highest BCUT2D eigenvalue weighted by molar-refractivity contribution is 9.10. The van der Waals surface area contributed by atoms with E-state index in [-0.39, 0.29) is 5.91 Å². The summed E-state index contributed by atoms with van der Waals surface area (Å²) in [5.41, 5.74) is 5.26. The van der Waals surface area contributed by atoms with E-state index in [0.29, 0.717) is 18.3 Å². The first-order chi connectivity index (χ1) is 9.60. The zero-order valence-corrected chi connectivity index (χ0v) is 13.2. The molecule has 1 aliphatic rings. The Kier molecular flexibility index (Phi) is 5.17. The van der Waals surface area contributed by atoms with E-state index in [4.69, 9.17) is 5.73 Å². The van der Waals surface area contributed by atoms with Gasteiger partial charge < -0.3 is 16.0 Å². The van der Waals surface area contributed by atoms with Crippen LogP contribution in [0.3, 0.4) is 0 Å². The third kappa shape index (κ3) is 3.82. The topological polar surface area (TPSA) is 84.1 Å². The molecule has 0 radical (unpaired) electrons. The van der Waals surface area contributed by atoms with Gasteiger partial charge in [-0.05, 0) is 41.6 Å². The lowest BCUT2D eigenvalue weighted by Crippen LogP contribution is -2.36. The van der Waals surface area contributed by atoms with E-state index < -0.39 is 0 Å². The Balaban J connectivity index is 2.02. The Morgan fingerprint density at radius 1 is 1.55 bits per heavy atom. The molecule has 0 unspecified atom stereocenters. The van der Waals surface area contributed by atoms with E-state index in [1.165, 1.54) is 0 Å². The van der Waals surface area contributed by atoms with Crippen molar-refractivity contribution in [3.8, 4) is 0 Å². The van der Waals surface area contributed by atoms with Gasteiger partial charge in [0.15, 0.2) is 0 Å². The molecule has 0 aliphatic carbocycles. The van der Waals surface area contributed by atoms with Gasteiger partial charge in [0.05, 0.1) is 4.47 Å². The fourth-order valence-electron chi connectivity index (χ4n) is 2.46. The number of nitrogens with one attached hydrogen (secondary N) is 1. The first kappa shape index (κ1) is 15.0. The predicted octanol–water partition coefficient (Wildman–Crippen LogP) is 1.76. The van der Waals surface area contributed by atoms with Crippen molar-refractivity contribution in [1.82, 2.24) is 9.97 Å². The van der Waals surface area contributed by atoms with Crippen molar-refractivity contribution >= 4 is 33.6 Å². The lowest BCUT2D eigenvalue weighted by Gasteiger charge is -2.32. The van der Waals surface area contributed by atoms with Crippen LogP contribution in [-0.2, 0) is 4.79 Å². The molecule has 2 rings (SSSR count). The Morgan fingerprint density at radius 2 is 2.25 bits per heavy atom. The predicted molar refractivity (Wildman–Crippen MR) is 82.6 cm³/mol. The highest BCUT2D eigenvalue weighted by Gasteiger charge is 2.23. The van der Waals surface area contributed by atoms with Crippen molar-refractivity contribution in [2.75, 3.05) is 29.9 Å². The van der Waals surface area contributed by atoms with Crippen LogP contribution in [0.5, 0.6) is 0 Å². The lowest BCUT2D eigenvalue weighted by atomic mass is 9.93. The van der Waals surface area contributed by atoms with Crippen molar-refractivity contribution in [1.29, 1.82) is 0 Å². The summed E-state index contributed by atoms with van der Waals surface area (Å²) < 4.78 is 0.896. The maximum Gasteiger partial charge on any atom is 0.224 e. The Hall–Kier alpha value is -1.37. The number of anilines is 2. The smallest absolute Gasteiger partial charge is 0.224 e. The van der Waals surface area contributed by atoms with Gasteiger partial charge in [0.25, 0.3) is 0 Å². The molecular formula is C13H20BrN5O. The van der Waals surface area contributed by atoms with E-state index in [9.17, 15) is 4.79 Å². The average molecular weight is 342 g/mol. The molecule has 1 aliphatic heterocycles. The summed E-state index contributed by atoms with van der Waals surface area (Å²) in [4.78, 5) is 21.9. The van der Waals surface area contributed by atoms with Crippen LogP contribution in [0.1, 0.15) is 26.2 Å². The van der Waals surface area contributed by atoms with Crippen molar-refractivity contribution in [3.05, 3.63) is 10.7 Å². The van der Waals surface area contributed by atoms with Crippen LogP contribution in [0.25, 0.3) is 0 Å². The highest BCUT2D eigenvalue weighted by atomic mass is 79.9. The second-order valence-corrected chi connectivity index (χ2v) is 5.85. The second kappa shape index (κ2) is 6.88. The minimum atomic E-state index is -0.207. The number of amides is 1. The van der Waals surface area contributed by atoms with Gasteiger partial charge in [-0.1, -0.05) is 0 Å². The second-order valence-electron chi connectivity index (χ2n) is 5.00. The summed E-state index contributed by atoms with van der Waals surface area (Å²) in [7, 11) is 0. The molecule has 7 heteroatoms. The molecule has 1 aromatic rings. The molecule has 1 saturated heterocycles. The Labute approximate surface area is 127 Å². The monoisotopic (exact) mass is 341 g/mol. The zero-order chi connectivity index (χ0) is 14.5. The molecular weight excluding hydrogens is 322 g/mol. The number of hydrogen-bond acceptors (Lipinski definition) is 5. The Morgan fingerprint density at radius 3 is 2.85 bits per heavy atom. The van der Waals surface area contributed by atoms with Crippen LogP contribution in [0.2, 0.25) is 0 Å². The first-order valence-corrected chi connectivity index (χ1v) is 7.69. The van der Waals surface area contributed by atoms with Crippen LogP contribution in [0.15, 0.2) is 10.7 Å². The molecule has 0 aromatic carbocycles. The number of rotatable bonds is 5. The number of nitrogens with zero attached hydrogens (tertiary/aromatic N) is 3. The number of piperidine rings is 1. The summed E-state index contributed by atoms with van der Waals surface area (Å²) in [6.45, 7) is 4.58. The molecule has 0 saturated carbocycles. The molecule has 0 bridgehead atoms. The number of aromatic nitrogens is 2. The lowest BCUT2D eigenvalue weighted by molar-refractivity contribution is -0.119. The third-order valence-electron chi connectivity index (χ3n) is 3.46. The third-order valence-corrected chi connectivity index (χ3v) is 4.02. The standard InChI is InChI=1S/C13H20BrN5O/c1-2-16-13-17-8-10(14)12(18-13)19-5-3-9(4-6-19)7-11(15)20/h8-9H,2-7H2,1H3,(H2,15,20)(H,16,17,18). The van der Waals surface area contributed by atoms with Crippen LogP contribution in [0.4, 0.5) is 11.8 Å². The largest absolute Gasteiger partial charge is 0.370 e. The summed E-state index contributed by atoms with van der Waals surface area (Å²) in [5.74, 6) is 1.75. The number of nitrogens with two attached hydrogens (primary N) is 1. The first-order valence-electron chi connectivity index (χ1n) is 6.89. The molecule has 20 heavy (non-hydrogen) atoms. The van der Waals surface area contributed by atoms with Crippen LogP contribution >= 0.6 is 15.9 Å². The van der Waals surface area contributed by atoms with Crippen LogP contribution in [-0.4, -0.2) is 35.5 Å². The van der Waals surface area contributed by atoms with Gasteiger partial charge in [0, 0.05) is 32.3 Å². The molecule has 1 fully saturated rings. The van der Waals surface area contributed by atoms with Gasteiger partial charge >= 0.3 is 0 Å². The average Bonchev–Trinajstić information content (AvgIpc) is 2.42. The van der Waals surface area contributed by atoms with E-state index in [0.717, 1.165) is 42.8 Å². The fraction of sp³-hybridized carbons (Fsp3) is 0.615. The Bertz CT molecular complexity index is 474. The summed E-state index contributed by atoms with van der Waals surface area (Å²) in [6.07, 6.45) is 4.20. The number of carbonyl (C=O) groups is 1. The van der Waals surface area contributed by atoms with Gasteiger partial charge in [-0.3, -0.25) is 4.79 Å². The maximum absolute atomic E-state index is 11.0. The van der Waals surface area contributed by atoms with Gasteiger partial charge in [-0.25, -0.2) is 4.98 Å². The molecule has 1 aromatic heterocycles. The van der Waals surface area contributed by atoms with E-state index in [1.807, 2.05) is 6.92 Å². The number of halogens is 1. The fourth-order valence-corrected chi connectivity index (χ4v) is 2.90. The van der Waals surface area contributed by atoms with Gasteiger partial charge in [-0.2, -0.15) is 4.98 Å². The van der Waals surface area contributed by atoms with Gasteiger partial charge in [0.2, 0.25) is 11.9 Å². The van der Waals surface area contributed by atoms with Crippen LogP contribution < -0.4 is 16.0 Å². The summed E-state index contributed by atoms with van der Waals surface area (Å²) in [6, 6.07) is 0. The maximum atomic E-state index is 11.0. The molecule has 6 nitrogen and oxygen atoms in total. The van der Waals surface area contributed by atoms with Crippen molar-refractivity contribution in [2.45, 2.75) is 26.2 Å². The van der Waals surface area contributed by atoms with Crippen LogP contribution in [0, 0.1) is 5.92 Å². The number of primary amides is 1. The minimum absolute atomic E-state index is 0.207. The normalized spacial score (nSPS) is 16.2. The SMILES string of the molecule is CCNc1ncc(Br)c(N2CCC(CC(N)=O)CC2)n1. The van der Waals surface area contributed by atoms with E-state index in [1.54, 1.807) is 6.20 Å².